The number of imide groups is 1. The quantitative estimate of drug-likeness (QED) is 0.814. The Hall–Kier alpha value is -1.68. The van der Waals surface area contributed by atoms with Crippen molar-refractivity contribution in [3.05, 3.63) is 35.4 Å². The maximum atomic E-state index is 12.6. The highest BCUT2D eigenvalue weighted by Crippen LogP contribution is 2.33. The normalized spacial score (nSPS) is 19.6. The lowest BCUT2D eigenvalue weighted by molar-refractivity contribution is -0.128. The van der Waals surface area contributed by atoms with Crippen molar-refractivity contribution >= 4 is 11.8 Å². The van der Waals surface area contributed by atoms with E-state index in [2.05, 4.69) is 12.2 Å². The molecule has 0 saturated heterocycles. The number of benzene rings is 1. The highest BCUT2D eigenvalue weighted by Gasteiger charge is 2.37. The molecular weight excluding hydrogens is 264 g/mol. The molecule has 21 heavy (non-hydrogen) atoms. The lowest BCUT2D eigenvalue weighted by atomic mass is 9.97. The van der Waals surface area contributed by atoms with E-state index in [-0.39, 0.29) is 17.9 Å². The summed E-state index contributed by atoms with van der Waals surface area (Å²) >= 11 is 0. The van der Waals surface area contributed by atoms with Crippen LogP contribution in [-0.4, -0.2) is 35.8 Å². The van der Waals surface area contributed by atoms with Gasteiger partial charge >= 0.3 is 0 Å². The van der Waals surface area contributed by atoms with Gasteiger partial charge in [0.2, 0.25) is 5.91 Å². The van der Waals surface area contributed by atoms with Crippen LogP contribution in [0.4, 0.5) is 0 Å². The van der Waals surface area contributed by atoms with Gasteiger partial charge in [0.25, 0.3) is 5.91 Å². The predicted octanol–water partition coefficient (Wildman–Crippen LogP) is 1.99. The largest absolute Gasteiger partial charge is 0.312 e. The average Bonchev–Trinajstić information content (AvgIpc) is 3.31. The van der Waals surface area contributed by atoms with Crippen LogP contribution in [0.25, 0.3) is 0 Å². The molecule has 1 N–H and O–H groups in total. The van der Waals surface area contributed by atoms with Gasteiger partial charge in [0.05, 0.1) is 6.42 Å². The second-order valence-corrected chi connectivity index (χ2v) is 6.04. The van der Waals surface area contributed by atoms with Crippen LogP contribution in [0, 0.1) is 5.92 Å². The third-order valence-corrected chi connectivity index (χ3v) is 4.36. The van der Waals surface area contributed by atoms with Gasteiger partial charge in [-0.1, -0.05) is 25.1 Å². The maximum absolute atomic E-state index is 12.6. The minimum absolute atomic E-state index is 0.0670. The summed E-state index contributed by atoms with van der Waals surface area (Å²) in [5, 5.41) is 3.50. The molecule has 2 aliphatic rings. The Morgan fingerprint density at radius 2 is 2.05 bits per heavy atom. The number of nitrogens with zero attached hydrogens (tertiary/aromatic N) is 1. The van der Waals surface area contributed by atoms with E-state index < -0.39 is 0 Å². The number of nitrogens with one attached hydrogen (secondary N) is 1. The highest BCUT2D eigenvalue weighted by molar-refractivity contribution is 6.09. The van der Waals surface area contributed by atoms with Crippen LogP contribution in [0.3, 0.4) is 0 Å². The molecule has 1 atom stereocenters. The SMILES string of the molecule is CCCNC(CN1C(=O)Cc2ccccc2C1=O)C1CC1. The lowest BCUT2D eigenvalue weighted by Crippen LogP contribution is -2.50. The van der Waals surface area contributed by atoms with Crippen LogP contribution < -0.4 is 5.32 Å². The summed E-state index contributed by atoms with van der Waals surface area (Å²) in [6, 6.07) is 7.69. The molecule has 0 aromatic heterocycles. The Morgan fingerprint density at radius 3 is 2.76 bits per heavy atom. The Morgan fingerprint density at radius 1 is 1.29 bits per heavy atom. The Labute approximate surface area is 125 Å². The van der Waals surface area contributed by atoms with Gasteiger partial charge in [-0.2, -0.15) is 0 Å². The van der Waals surface area contributed by atoms with Crippen LogP contribution in [-0.2, 0) is 11.2 Å². The third-order valence-electron chi connectivity index (χ3n) is 4.36. The molecule has 0 spiro atoms. The molecule has 1 aromatic rings. The van der Waals surface area contributed by atoms with Crippen molar-refractivity contribution in [1.29, 1.82) is 0 Å². The summed E-state index contributed by atoms with van der Waals surface area (Å²) in [6.07, 6.45) is 3.81. The number of hydrogen-bond donors (Lipinski definition) is 1. The zero-order valence-corrected chi connectivity index (χ0v) is 12.5. The second kappa shape index (κ2) is 5.98. The Kier molecular flexibility index (Phi) is 4.06. The lowest BCUT2D eigenvalue weighted by Gasteiger charge is -2.30. The molecule has 112 valence electrons. The molecule has 0 bridgehead atoms. The molecule has 1 aliphatic carbocycles. The zero-order valence-electron chi connectivity index (χ0n) is 12.5. The number of hydrogen-bond acceptors (Lipinski definition) is 3. The van der Waals surface area contributed by atoms with Gasteiger partial charge in [-0.05, 0) is 43.4 Å². The van der Waals surface area contributed by atoms with Gasteiger partial charge in [-0.25, -0.2) is 0 Å². The molecule has 4 heteroatoms. The number of rotatable bonds is 6. The molecule has 1 fully saturated rings. The Bertz CT molecular complexity index is 551. The smallest absolute Gasteiger partial charge is 0.260 e. The Balaban J connectivity index is 1.75. The van der Waals surface area contributed by atoms with E-state index in [4.69, 9.17) is 0 Å². The van der Waals surface area contributed by atoms with Gasteiger partial charge in [-0.15, -0.1) is 0 Å². The number of carbonyl (C=O) groups excluding carboxylic acids is 2. The van der Waals surface area contributed by atoms with Crippen molar-refractivity contribution in [2.24, 2.45) is 5.92 Å². The van der Waals surface area contributed by atoms with E-state index in [1.165, 1.54) is 17.7 Å². The van der Waals surface area contributed by atoms with Gasteiger partial charge in [0.1, 0.15) is 0 Å². The predicted molar refractivity (Wildman–Crippen MR) is 81.0 cm³/mol. The average molecular weight is 286 g/mol. The van der Waals surface area contributed by atoms with Crippen LogP contribution in [0.2, 0.25) is 0 Å². The fraction of sp³-hybridized carbons (Fsp3) is 0.529. The van der Waals surface area contributed by atoms with Crippen LogP contribution in [0.5, 0.6) is 0 Å². The monoisotopic (exact) mass is 286 g/mol. The first-order valence-corrected chi connectivity index (χ1v) is 7.86. The van der Waals surface area contributed by atoms with Gasteiger partial charge in [0, 0.05) is 18.2 Å². The highest BCUT2D eigenvalue weighted by atomic mass is 16.2. The van der Waals surface area contributed by atoms with Crippen molar-refractivity contribution in [1.82, 2.24) is 10.2 Å². The fourth-order valence-electron chi connectivity index (χ4n) is 2.99. The van der Waals surface area contributed by atoms with Crippen molar-refractivity contribution in [3.8, 4) is 0 Å². The summed E-state index contributed by atoms with van der Waals surface area (Å²) in [5.41, 5.74) is 1.54. The zero-order chi connectivity index (χ0) is 14.8. The van der Waals surface area contributed by atoms with E-state index in [1.807, 2.05) is 24.3 Å². The van der Waals surface area contributed by atoms with Crippen molar-refractivity contribution < 1.29 is 9.59 Å². The van der Waals surface area contributed by atoms with Crippen molar-refractivity contribution in [2.75, 3.05) is 13.1 Å². The topological polar surface area (TPSA) is 49.4 Å². The molecule has 1 unspecified atom stereocenters. The first kappa shape index (κ1) is 14.3. The molecule has 3 rings (SSSR count). The molecule has 2 amide bonds. The summed E-state index contributed by atoms with van der Waals surface area (Å²) in [4.78, 5) is 26.3. The van der Waals surface area contributed by atoms with Crippen LogP contribution in [0.1, 0.15) is 42.1 Å². The van der Waals surface area contributed by atoms with E-state index in [0.717, 1.165) is 18.5 Å². The molecule has 1 heterocycles. The van der Waals surface area contributed by atoms with E-state index in [0.29, 0.717) is 24.4 Å². The van der Waals surface area contributed by atoms with Gasteiger partial charge in [0.15, 0.2) is 0 Å². The second-order valence-electron chi connectivity index (χ2n) is 6.04. The van der Waals surface area contributed by atoms with E-state index in [1.54, 1.807) is 0 Å². The standard InChI is InChI=1S/C17H22N2O2/c1-2-9-18-15(12-7-8-12)11-19-16(20)10-13-5-3-4-6-14(13)17(19)21/h3-6,12,15,18H,2,7-11H2,1H3. The molecule has 1 aromatic carbocycles. The number of carbonyl (C=O) groups is 2. The number of fused-ring (bicyclic) bond motifs is 1. The minimum atomic E-state index is -0.134. The molecular formula is C17H22N2O2. The fourth-order valence-corrected chi connectivity index (χ4v) is 2.99. The van der Waals surface area contributed by atoms with E-state index in [9.17, 15) is 9.59 Å². The summed E-state index contributed by atoms with van der Waals surface area (Å²) in [6.45, 7) is 3.58. The summed E-state index contributed by atoms with van der Waals surface area (Å²) in [7, 11) is 0. The van der Waals surface area contributed by atoms with Crippen LogP contribution in [0.15, 0.2) is 24.3 Å². The van der Waals surface area contributed by atoms with E-state index >= 15 is 0 Å². The van der Waals surface area contributed by atoms with Gasteiger partial charge in [-0.3, -0.25) is 14.5 Å². The molecule has 1 saturated carbocycles. The maximum Gasteiger partial charge on any atom is 0.260 e. The van der Waals surface area contributed by atoms with Crippen molar-refractivity contribution in [2.45, 2.75) is 38.6 Å². The minimum Gasteiger partial charge on any atom is -0.312 e. The third kappa shape index (κ3) is 3.00. The molecule has 1 aliphatic heterocycles. The van der Waals surface area contributed by atoms with Gasteiger partial charge < -0.3 is 5.32 Å². The summed E-state index contributed by atoms with van der Waals surface area (Å²) < 4.78 is 0. The number of amides is 2. The first-order valence-electron chi connectivity index (χ1n) is 7.86. The van der Waals surface area contributed by atoms with Crippen molar-refractivity contribution in [3.63, 3.8) is 0 Å². The first-order chi connectivity index (χ1) is 10.2. The van der Waals surface area contributed by atoms with Crippen LogP contribution >= 0.6 is 0 Å². The molecule has 4 nitrogen and oxygen atoms in total. The summed E-state index contributed by atoms with van der Waals surface area (Å²) in [5.74, 6) is 0.419. The molecule has 0 radical (unpaired) electrons.